The highest BCUT2D eigenvalue weighted by Gasteiger charge is 2.31. The maximum Gasteiger partial charge on any atom is 0.243 e. The molecule has 1 aliphatic rings. The molecule has 0 unspecified atom stereocenters. The molecule has 6 heteroatoms. The zero-order valence-electron chi connectivity index (χ0n) is 11.0. The van der Waals surface area contributed by atoms with Crippen LogP contribution in [-0.2, 0) is 11.3 Å². The van der Waals surface area contributed by atoms with Gasteiger partial charge in [0.1, 0.15) is 17.6 Å². The van der Waals surface area contributed by atoms with Gasteiger partial charge in [-0.2, -0.15) is 0 Å². The van der Waals surface area contributed by atoms with Gasteiger partial charge in [-0.25, -0.2) is 4.98 Å². The Morgan fingerprint density at radius 3 is 3.20 bits per heavy atom. The average molecular weight is 272 g/mol. The second kappa shape index (κ2) is 5.73. The molecule has 3 rings (SSSR count). The van der Waals surface area contributed by atoms with E-state index in [1.54, 1.807) is 24.9 Å². The molecule has 0 aromatic carbocycles. The number of furan rings is 1. The van der Waals surface area contributed by atoms with Crippen LogP contribution in [0.3, 0.4) is 0 Å². The minimum Gasteiger partial charge on any atom is -0.467 e. The molecule has 1 saturated heterocycles. The summed E-state index contributed by atoms with van der Waals surface area (Å²) in [5.41, 5.74) is 0. The topological polar surface area (TPSA) is 71.3 Å². The number of hydrogen-bond acceptors (Lipinski definition) is 5. The van der Waals surface area contributed by atoms with E-state index in [-0.39, 0.29) is 11.9 Å². The number of rotatable bonds is 4. The van der Waals surface area contributed by atoms with Crippen LogP contribution in [0.2, 0.25) is 0 Å². The minimum atomic E-state index is -0.179. The lowest BCUT2D eigenvalue weighted by Gasteiger charge is -2.24. The molecule has 2 aromatic rings. The molecular formula is C14H16N4O2. The predicted octanol–water partition coefficient (Wildman–Crippen LogP) is 1.35. The third-order valence-corrected chi connectivity index (χ3v) is 3.42. The lowest BCUT2D eigenvalue weighted by atomic mass is 10.2. The van der Waals surface area contributed by atoms with E-state index in [0.717, 1.165) is 31.0 Å². The monoisotopic (exact) mass is 272 g/mol. The zero-order chi connectivity index (χ0) is 13.8. The van der Waals surface area contributed by atoms with Gasteiger partial charge in [0.2, 0.25) is 5.91 Å². The summed E-state index contributed by atoms with van der Waals surface area (Å²) in [4.78, 5) is 22.6. The van der Waals surface area contributed by atoms with Gasteiger partial charge in [-0.3, -0.25) is 9.78 Å². The molecule has 0 bridgehead atoms. The average Bonchev–Trinajstić information content (AvgIpc) is 3.17. The van der Waals surface area contributed by atoms with Crippen molar-refractivity contribution in [1.82, 2.24) is 15.3 Å². The molecule has 1 fully saturated rings. The summed E-state index contributed by atoms with van der Waals surface area (Å²) >= 11 is 0. The van der Waals surface area contributed by atoms with E-state index in [2.05, 4.69) is 15.3 Å². The zero-order valence-corrected chi connectivity index (χ0v) is 11.0. The Labute approximate surface area is 116 Å². The molecule has 6 nitrogen and oxygen atoms in total. The van der Waals surface area contributed by atoms with Crippen molar-refractivity contribution in [3.05, 3.63) is 42.7 Å². The Morgan fingerprint density at radius 2 is 2.45 bits per heavy atom. The Morgan fingerprint density at radius 1 is 1.50 bits per heavy atom. The largest absolute Gasteiger partial charge is 0.467 e. The Kier molecular flexibility index (Phi) is 3.62. The summed E-state index contributed by atoms with van der Waals surface area (Å²) in [6.45, 7) is 1.24. The van der Waals surface area contributed by atoms with E-state index in [9.17, 15) is 4.79 Å². The number of carbonyl (C=O) groups is 1. The van der Waals surface area contributed by atoms with Gasteiger partial charge in [0.15, 0.2) is 0 Å². The first-order chi connectivity index (χ1) is 9.84. The van der Waals surface area contributed by atoms with Gasteiger partial charge in [0.05, 0.1) is 19.0 Å². The third kappa shape index (κ3) is 2.64. The molecule has 0 saturated carbocycles. The van der Waals surface area contributed by atoms with Crippen molar-refractivity contribution in [3.63, 3.8) is 0 Å². The molecule has 0 spiro atoms. The van der Waals surface area contributed by atoms with E-state index in [4.69, 9.17) is 4.42 Å². The molecule has 0 radical (unpaired) electrons. The standard InChI is InChI=1S/C14H16N4O2/c19-14(17-9-11-3-2-8-20-11)12-4-1-7-18(12)13-10-15-5-6-16-13/h2-3,5-6,8,10,12H,1,4,7,9H2,(H,17,19)/t12-/m0/s1. The highest BCUT2D eigenvalue weighted by Crippen LogP contribution is 2.23. The molecule has 0 aliphatic carbocycles. The first kappa shape index (κ1) is 12.7. The molecule has 20 heavy (non-hydrogen) atoms. The first-order valence-corrected chi connectivity index (χ1v) is 6.67. The van der Waals surface area contributed by atoms with Crippen LogP contribution in [0.4, 0.5) is 5.82 Å². The van der Waals surface area contributed by atoms with Crippen molar-refractivity contribution in [2.24, 2.45) is 0 Å². The van der Waals surface area contributed by atoms with Crippen LogP contribution in [0.25, 0.3) is 0 Å². The fourth-order valence-corrected chi connectivity index (χ4v) is 2.46. The quantitative estimate of drug-likeness (QED) is 0.909. The minimum absolute atomic E-state index is 0.00422. The van der Waals surface area contributed by atoms with E-state index in [1.165, 1.54) is 0 Å². The highest BCUT2D eigenvalue weighted by molar-refractivity contribution is 5.85. The normalized spacial score (nSPS) is 18.2. The van der Waals surface area contributed by atoms with Crippen molar-refractivity contribution >= 4 is 11.7 Å². The molecule has 1 N–H and O–H groups in total. The molecule has 1 aliphatic heterocycles. The van der Waals surface area contributed by atoms with Crippen LogP contribution in [-0.4, -0.2) is 28.5 Å². The summed E-state index contributed by atoms with van der Waals surface area (Å²) < 4.78 is 5.21. The summed E-state index contributed by atoms with van der Waals surface area (Å²) in [6, 6.07) is 3.47. The molecule has 2 aromatic heterocycles. The number of aromatic nitrogens is 2. The maximum atomic E-state index is 12.3. The van der Waals surface area contributed by atoms with Gasteiger partial charge in [0, 0.05) is 18.9 Å². The van der Waals surface area contributed by atoms with E-state index in [0.29, 0.717) is 6.54 Å². The molecule has 3 heterocycles. The number of carbonyl (C=O) groups excluding carboxylic acids is 1. The second-order valence-electron chi connectivity index (χ2n) is 4.71. The van der Waals surface area contributed by atoms with E-state index >= 15 is 0 Å². The maximum absolute atomic E-state index is 12.3. The molecule has 1 amide bonds. The summed E-state index contributed by atoms with van der Waals surface area (Å²) in [5.74, 6) is 1.51. The van der Waals surface area contributed by atoms with Crippen LogP contribution < -0.4 is 10.2 Å². The number of hydrogen-bond donors (Lipinski definition) is 1. The van der Waals surface area contributed by atoms with Gasteiger partial charge >= 0.3 is 0 Å². The van der Waals surface area contributed by atoms with Crippen molar-refractivity contribution in [2.75, 3.05) is 11.4 Å². The molecular weight excluding hydrogens is 256 g/mol. The van der Waals surface area contributed by atoms with Gasteiger partial charge in [-0.15, -0.1) is 0 Å². The highest BCUT2D eigenvalue weighted by atomic mass is 16.3. The first-order valence-electron chi connectivity index (χ1n) is 6.67. The molecule has 1 atom stereocenters. The summed E-state index contributed by atoms with van der Waals surface area (Å²) in [5, 5.41) is 2.90. The van der Waals surface area contributed by atoms with Crippen LogP contribution in [0.15, 0.2) is 41.4 Å². The SMILES string of the molecule is O=C(NCc1ccco1)[C@@H]1CCCN1c1cnccn1. The number of anilines is 1. The van der Waals surface area contributed by atoms with E-state index < -0.39 is 0 Å². The number of nitrogens with one attached hydrogen (secondary N) is 1. The van der Waals surface area contributed by atoms with Crippen molar-refractivity contribution < 1.29 is 9.21 Å². The Balaban J connectivity index is 1.64. The Hall–Kier alpha value is -2.37. The van der Waals surface area contributed by atoms with Gasteiger partial charge in [-0.05, 0) is 25.0 Å². The second-order valence-corrected chi connectivity index (χ2v) is 4.71. The predicted molar refractivity (Wildman–Crippen MR) is 73.0 cm³/mol. The van der Waals surface area contributed by atoms with Crippen LogP contribution >= 0.6 is 0 Å². The summed E-state index contributed by atoms with van der Waals surface area (Å²) in [6.07, 6.45) is 8.38. The van der Waals surface area contributed by atoms with Crippen LogP contribution in [0.1, 0.15) is 18.6 Å². The van der Waals surface area contributed by atoms with Crippen LogP contribution in [0.5, 0.6) is 0 Å². The van der Waals surface area contributed by atoms with Crippen molar-refractivity contribution in [2.45, 2.75) is 25.4 Å². The Bertz CT molecular complexity index is 556. The fraction of sp³-hybridized carbons (Fsp3) is 0.357. The van der Waals surface area contributed by atoms with E-state index in [1.807, 2.05) is 17.0 Å². The van der Waals surface area contributed by atoms with Gasteiger partial charge in [-0.1, -0.05) is 0 Å². The lowest BCUT2D eigenvalue weighted by Crippen LogP contribution is -2.43. The molecule has 104 valence electrons. The summed E-state index contributed by atoms with van der Waals surface area (Å²) in [7, 11) is 0. The lowest BCUT2D eigenvalue weighted by molar-refractivity contribution is -0.122. The smallest absolute Gasteiger partial charge is 0.243 e. The van der Waals surface area contributed by atoms with Gasteiger partial charge < -0.3 is 14.6 Å². The van der Waals surface area contributed by atoms with Crippen molar-refractivity contribution in [3.8, 4) is 0 Å². The van der Waals surface area contributed by atoms with Crippen molar-refractivity contribution in [1.29, 1.82) is 0 Å². The third-order valence-electron chi connectivity index (χ3n) is 3.42. The number of nitrogens with zero attached hydrogens (tertiary/aromatic N) is 3. The fourth-order valence-electron chi connectivity index (χ4n) is 2.46. The van der Waals surface area contributed by atoms with Gasteiger partial charge in [0.25, 0.3) is 0 Å². The number of amides is 1. The van der Waals surface area contributed by atoms with Crippen LogP contribution in [0, 0.1) is 0 Å².